The molecule has 0 aromatic carbocycles. The SMILES string of the molecule is CNC1CCC(=O)CC1.Cl. The molecule has 1 N–H and O–H groups in total. The molecule has 1 fully saturated rings. The van der Waals surface area contributed by atoms with Gasteiger partial charge in [-0.2, -0.15) is 0 Å². The second-order valence-corrected chi connectivity index (χ2v) is 2.60. The molecule has 2 nitrogen and oxygen atoms in total. The quantitative estimate of drug-likeness (QED) is 0.628. The third-order valence-corrected chi connectivity index (χ3v) is 1.95. The number of hydrogen-bond donors (Lipinski definition) is 1. The number of ketones is 1. The van der Waals surface area contributed by atoms with Gasteiger partial charge in [-0.1, -0.05) is 0 Å². The second-order valence-electron chi connectivity index (χ2n) is 2.60. The molecule has 0 aromatic heterocycles. The van der Waals surface area contributed by atoms with Gasteiger partial charge in [-0.05, 0) is 19.9 Å². The van der Waals surface area contributed by atoms with Crippen molar-refractivity contribution in [2.45, 2.75) is 31.7 Å². The monoisotopic (exact) mass is 163 g/mol. The van der Waals surface area contributed by atoms with E-state index in [1.165, 1.54) is 0 Å². The minimum Gasteiger partial charge on any atom is -0.317 e. The van der Waals surface area contributed by atoms with Crippen molar-refractivity contribution in [3.8, 4) is 0 Å². The third-order valence-electron chi connectivity index (χ3n) is 1.95. The van der Waals surface area contributed by atoms with Crippen LogP contribution in [0.3, 0.4) is 0 Å². The summed E-state index contributed by atoms with van der Waals surface area (Å²) in [5.74, 6) is 0.432. The molecule has 0 amide bonds. The predicted molar refractivity (Wildman–Crippen MR) is 43.6 cm³/mol. The zero-order chi connectivity index (χ0) is 6.69. The van der Waals surface area contributed by atoms with Crippen molar-refractivity contribution < 1.29 is 4.79 Å². The third kappa shape index (κ3) is 2.67. The molecule has 0 bridgehead atoms. The molecule has 0 atom stereocenters. The first-order valence-electron chi connectivity index (χ1n) is 3.52. The fourth-order valence-corrected chi connectivity index (χ4v) is 1.23. The average Bonchev–Trinajstić information content (AvgIpc) is 1.90. The summed E-state index contributed by atoms with van der Waals surface area (Å²) in [7, 11) is 1.96. The lowest BCUT2D eigenvalue weighted by Crippen LogP contribution is -2.29. The number of Topliss-reactive ketones (excluding diaryl/α,β-unsaturated/α-hetero) is 1. The lowest BCUT2D eigenvalue weighted by Gasteiger charge is -2.19. The van der Waals surface area contributed by atoms with Gasteiger partial charge in [0.15, 0.2) is 0 Å². The first kappa shape index (κ1) is 9.92. The number of hydrogen-bond acceptors (Lipinski definition) is 2. The summed E-state index contributed by atoms with van der Waals surface area (Å²) in [4.78, 5) is 10.7. The molecule has 0 heterocycles. The van der Waals surface area contributed by atoms with Crippen LogP contribution in [0.1, 0.15) is 25.7 Å². The maximum atomic E-state index is 10.7. The van der Waals surface area contributed by atoms with E-state index in [2.05, 4.69) is 5.32 Å². The van der Waals surface area contributed by atoms with Crippen LogP contribution < -0.4 is 5.32 Å². The van der Waals surface area contributed by atoms with E-state index in [-0.39, 0.29) is 12.4 Å². The van der Waals surface area contributed by atoms with Gasteiger partial charge in [0, 0.05) is 18.9 Å². The van der Waals surface area contributed by atoms with Crippen LogP contribution in [0, 0.1) is 0 Å². The maximum absolute atomic E-state index is 10.7. The first-order valence-corrected chi connectivity index (χ1v) is 3.52. The summed E-state index contributed by atoms with van der Waals surface area (Å²) >= 11 is 0. The lowest BCUT2D eigenvalue weighted by molar-refractivity contribution is -0.120. The summed E-state index contributed by atoms with van der Waals surface area (Å²) in [6, 6.07) is 0.600. The summed E-state index contributed by atoms with van der Waals surface area (Å²) in [6.45, 7) is 0. The van der Waals surface area contributed by atoms with Gasteiger partial charge in [-0.25, -0.2) is 0 Å². The van der Waals surface area contributed by atoms with Gasteiger partial charge in [-0.3, -0.25) is 4.79 Å². The zero-order valence-corrected chi connectivity index (χ0v) is 7.04. The molecule has 0 aromatic rings. The van der Waals surface area contributed by atoms with Crippen LogP contribution in [0.2, 0.25) is 0 Å². The molecular weight excluding hydrogens is 150 g/mol. The van der Waals surface area contributed by atoms with Crippen LogP contribution in [-0.4, -0.2) is 18.9 Å². The van der Waals surface area contributed by atoms with Crippen LogP contribution in [0.15, 0.2) is 0 Å². The number of carbonyl (C=O) groups is 1. The lowest BCUT2D eigenvalue weighted by atomic mass is 9.95. The van der Waals surface area contributed by atoms with E-state index in [4.69, 9.17) is 0 Å². The molecule has 1 rings (SSSR count). The Morgan fingerprint density at radius 3 is 2.30 bits per heavy atom. The van der Waals surface area contributed by atoms with E-state index >= 15 is 0 Å². The standard InChI is InChI=1S/C7H13NO.ClH/c1-8-6-2-4-7(9)5-3-6;/h6,8H,2-5H2,1H3;1H. The summed E-state index contributed by atoms with van der Waals surface area (Å²) in [6.07, 6.45) is 3.64. The van der Waals surface area contributed by atoms with Gasteiger partial charge in [0.05, 0.1) is 0 Å². The summed E-state index contributed by atoms with van der Waals surface area (Å²) in [5, 5.41) is 3.17. The molecule has 0 radical (unpaired) electrons. The van der Waals surface area contributed by atoms with Crippen molar-refractivity contribution in [3.63, 3.8) is 0 Å². The van der Waals surface area contributed by atoms with E-state index < -0.39 is 0 Å². The Kier molecular flexibility index (Phi) is 4.65. The van der Waals surface area contributed by atoms with Crippen LogP contribution in [-0.2, 0) is 4.79 Å². The second kappa shape index (κ2) is 4.69. The smallest absolute Gasteiger partial charge is 0.133 e. The average molecular weight is 164 g/mol. The van der Waals surface area contributed by atoms with Crippen LogP contribution >= 0.6 is 12.4 Å². The first-order chi connectivity index (χ1) is 4.33. The summed E-state index contributed by atoms with van der Waals surface area (Å²) in [5.41, 5.74) is 0. The molecular formula is C7H14ClNO. The Morgan fingerprint density at radius 1 is 1.40 bits per heavy atom. The fraction of sp³-hybridized carbons (Fsp3) is 0.857. The Bertz CT molecular complexity index is 106. The van der Waals surface area contributed by atoms with Crippen molar-refractivity contribution in [2.75, 3.05) is 7.05 Å². The van der Waals surface area contributed by atoms with E-state index in [9.17, 15) is 4.79 Å². The molecule has 60 valence electrons. The van der Waals surface area contributed by atoms with Gasteiger partial charge in [0.2, 0.25) is 0 Å². The fourth-order valence-electron chi connectivity index (χ4n) is 1.23. The van der Waals surface area contributed by atoms with E-state index in [0.29, 0.717) is 11.8 Å². The Hall–Kier alpha value is -0.0800. The molecule has 0 saturated heterocycles. The van der Waals surface area contributed by atoms with Crippen molar-refractivity contribution in [2.24, 2.45) is 0 Å². The Balaban J connectivity index is 0.000000810. The maximum Gasteiger partial charge on any atom is 0.133 e. The van der Waals surface area contributed by atoms with Gasteiger partial charge in [0.1, 0.15) is 5.78 Å². The Morgan fingerprint density at radius 2 is 1.90 bits per heavy atom. The van der Waals surface area contributed by atoms with Crippen molar-refractivity contribution >= 4 is 18.2 Å². The van der Waals surface area contributed by atoms with E-state index in [0.717, 1.165) is 25.7 Å². The van der Waals surface area contributed by atoms with Crippen molar-refractivity contribution in [1.29, 1.82) is 0 Å². The topological polar surface area (TPSA) is 29.1 Å². The number of halogens is 1. The van der Waals surface area contributed by atoms with Gasteiger partial charge < -0.3 is 5.32 Å². The highest BCUT2D eigenvalue weighted by Gasteiger charge is 2.15. The highest BCUT2D eigenvalue weighted by molar-refractivity contribution is 5.85. The molecule has 0 spiro atoms. The summed E-state index contributed by atoms with van der Waals surface area (Å²) < 4.78 is 0. The molecule has 1 aliphatic carbocycles. The molecule has 1 saturated carbocycles. The van der Waals surface area contributed by atoms with Gasteiger partial charge >= 0.3 is 0 Å². The van der Waals surface area contributed by atoms with Crippen LogP contribution in [0.5, 0.6) is 0 Å². The predicted octanol–water partition coefficient (Wildman–Crippen LogP) is 1.14. The van der Waals surface area contributed by atoms with Crippen LogP contribution in [0.4, 0.5) is 0 Å². The van der Waals surface area contributed by atoms with Gasteiger partial charge in [0.25, 0.3) is 0 Å². The Labute approximate surface area is 67.8 Å². The molecule has 0 unspecified atom stereocenters. The largest absolute Gasteiger partial charge is 0.317 e. The van der Waals surface area contributed by atoms with Gasteiger partial charge in [-0.15, -0.1) is 12.4 Å². The number of nitrogens with one attached hydrogen (secondary N) is 1. The molecule has 0 aliphatic heterocycles. The molecule has 10 heavy (non-hydrogen) atoms. The zero-order valence-electron chi connectivity index (χ0n) is 6.22. The van der Waals surface area contributed by atoms with E-state index in [1.54, 1.807) is 0 Å². The highest BCUT2D eigenvalue weighted by atomic mass is 35.5. The van der Waals surface area contributed by atoms with Crippen LogP contribution in [0.25, 0.3) is 0 Å². The minimum absolute atomic E-state index is 0. The number of rotatable bonds is 1. The molecule has 3 heteroatoms. The van der Waals surface area contributed by atoms with Crippen molar-refractivity contribution in [3.05, 3.63) is 0 Å². The molecule has 1 aliphatic rings. The van der Waals surface area contributed by atoms with Crippen molar-refractivity contribution in [1.82, 2.24) is 5.32 Å². The minimum atomic E-state index is 0. The highest BCUT2D eigenvalue weighted by Crippen LogP contribution is 2.13. The normalized spacial score (nSPS) is 20.3. The van der Waals surface area contributed by atoms with E-state index in [1.807, 2.05) is 7.05 Å². The number of carbonyl (C=O) groups excluding carboxylic acids is 1.